The predicted octanol–water partition coefficient (Wildman–Crippen LogP) is 5.63. The largest absolute Gasteiger partial charge is 0.497 e. The third-order valence-electron chi connectivity index (χ3n) is 8.98. The zero-order valence-corrected chi connectivity index (χ0v) is 20.3. The van der Waals surface area contributed by atoms with Gasteiger partial charge in [0.15, 0.2) is 11.6 Å². The number of para-hydroxylation sites is 1. The predicted molar refractivity (Wildman–Crippen MR) is 129 cm³/mol. The van der Waals surface area contributed by atoms with Crippen LogP contribution in [0.5, 0.6) is 5.75 Å². The highest BCUT2D eigenvalue weighted by molar-refractivity contribution is 9.10. The van der Waals surface area contributed by atoms with E-state index in [1.165, 1.54) is 24.8 Å². The van der Waals surface area contributed by atoms with Crippen LogP contribution in [0.2, 0.25) is 0 Å². The van der Waals surface area contributed by atoms with E-state index < -0.39 is 6.10 Å². The Hall–Kier alpha value is -1.95. The van der Waals surface area contributed by atoms with Crippen molar-refractivity contribution in [3.8, 4) is 5.75 Å². The molecular formula is C27H30BrN2O2+. The van der Waals surface area contributed by atoms with Gasteiger partial charge in [-0.1, -0.05) is 47.5 Å². The minimum atomic E-state index is -0.479. The van der Waals surface area contributed by atoms with Crippen LogP contribution in [0.1, 0.15) is 43.4 Å². The third-order valence-corrected chi connectivity index (χ3v) is 9.75. The van der Waals surface area contributed by atoms with Crippen LogP contribution < -0.4 is 4.74 Å². The third kappa shape index (κ3) is 2.59. The fourth-order valence-electron chi connectivity index (χ4n) is 7.61. The number of ether oxygens (including phenoxy) is 1. The molecule has 4 nitrogen and oxygen atoms in total. The van der Waals surface area contributed by atoms with E-state index >= 15 is 0 Å². The summed E-state index contributed by atoms with van der Waals surface area (Å²) >= 11 is 3.78. The fraction of sp³-hybridized carbons (Fsp3) is 0.444. The molecule has 3 heterocycles. The summed E-state index contributed by atoms with van der Waals surface area (Å²) in [7, 11) is 1.73. The number of methoxy groups -OCH3 is 1. The van der Waals surface area contributed by atoms with Gasteiger partial charge in [0.2, 0.25) is 0 Å². The molecule has 166 valence electrons. The summed E-state index contributed by atoms with van der Waals surface area (Å²) in [5.74, 6) is 2.42. The van der Waals surface area contributed by atoms with Gasteiger partial charge in [-0.15, -0.1) is 0 Å². The summed E-state index contributed by atoms with van der Waals surface area (Å²) in [6.45, 7) is 4.42. The number of piperidine rings is 1. The van der Waals surface area contributed by atoms with E-state index in [9.17, 15) is 5.11 Å². The highest BCUT2D eigenvalue weighted by atomic mass is 79.9. The van der Waals surface area contributed by atoms with E-state index in [-0.39, 0.29) is 11.6 Å². The molecule has 6 atom stereocenters. The molecule has 5 unspecified atom stereocenters. The highest BCUT2D eigenvalue weighted by Crippen LogP contribution is 2.76. The Bertz CT molecular complexity index is 1190. The van der Waals surface area contributed by atoms with Crippen molar-refractivity contribution in [2.24, 2.45) is 11.8 Å². The lowest BCUT2D eigenvalue weighted by Gasteiger charge is -2.39. The lowest BCUT2D eigenvalue weighted by atomic mass is 9.60. The molecule has 2 aliphatic heterocycles. The maximum Gasteiger partial charge on any atom is 0.176 e. The number of halogens is 1. The van der Waals surface area contributed by atoms with Gasteiger partial charge in [0.1, 0.15) is 18.4 Å². The Morgan fingerprint density at radius 1 is 1.25 bits per heavy atom. The lowest BCUT2D eigenvalue weighted by Crippen LogP contribution is -2.47. The van der Waals surface area contributed by atoms with Crippen LogP contribution in [0.15, 0.2) is 59.2 Å². The molecule has 3 fully saturated rings. The van der Waals surface area contributed by atoms with Gasteiger partial charge in [-0.25, -0.2) is 0 Å². The van der Waals surface area contributed by atoms with Crippen LogP contribution in [0.25, 0.3) is 10.9 Å². The second-order valence-electron chi connectivity index (χ2n) is 9.94. The maximum absolute atomic E-state index is 11.9. The molecule has 1 saturated carbocycles. The van der Waals surface area contributed by atoms with Gasteiger partial charge < -0.3 is 9.84 Å². The van der Waals surface area contributed by atoms with Gasteiger partial charge in [0.25, 0.3) is 0 Å². The van der Waals surface area contributed by atoms with E-state index in [0.717, 1.165) is 56.1 Å². The fourth-order valence-corrected chi connectivity index (χ4v) is 7.98. The first-order valence-corrected chi connectivity index (χ1v) is 12.6. The number of pyridine rings is 1. The molecule has 2 aromatic carbocycles. The topological polar surface area (TPSA) is 42.4 Å². The maximum atomic E-state index is 11.9. The van der Waals surface area contributed by atoms with Crippen molar-refractivity contribution in [1.29, 1.82) is 0 Å². The first kappa shape index (κ1) is 20.6. The molecule has 1 aliphatic carbocycles. The Morgan fingerprint density at radius 2 is 2.09 bits per heavy atom. The molecule has 0 amide bonds. The van der Waals surface area contributed by atoms with Crippen LogP contribution in [0, 0.1) is 11.8 Å². The number of benzene rings is 2. The van der Waals surface area contributed by atoms with Gasteiger partial charge in [-0.05, 0) is 41.8 Å². The number of nitrogens with zero attached hydrogens (tertiary/aromatic N) is 2. The Morgan fingerprint density at radius 3 is 2.91 bits per heavy atom. The van der Waals surface area contributed by atoms with Gasteiger partial charge in [-0.3, -0.25) is 9.47 Å². The number of hydrogen-bond acceptors (Lipinski definition) is 3. The molecule has 1 aromatic heterocycles. The monoisotopic (exact) mass is 493 g/mol. The number of aliphatic hydroxyl groups excluding tert-OH is 1. The summed E-state index contributed by atoms with van der Waals surface area (Å²) in [4.78, 5) is 4.53. The van der Waals surface area contributed by atoms with E-state index in [4.69, 9.17) is 4.74 Å². The number of aliphatic hydroxyl groups is 1. The molecule has 3 aliphatic rings. The second kappa shape index (κ2) is 7.28. The summed E-state index contributed by atoms with van der Waals surface area (Å²) in [6, 6.07) is 16.7. The molecule has 32 heavy (non-hydrogen) atoms. The zero-order chi connectivity index (χ0) is 22.1. The summed E-state index contributed by atoms with van der Waals surface area (Å²) < 4.78 is 7.66. The van der Waals surface area contributed by atoms with Crippen LogP contribution in [-0.2, 0) is 6.54 Å². The molecule has 1 spiro atoms. The van der Waals surface area contributed by atoms with E-state index in [2.05, 4.69) is 46.0 Å². The molecular weight excluding hydrogens is 464 g/mol. The number of fused-ring (bicyclic) bond motifs is 1. The van der Waals surface area contributed by atoms with Crippen LogP contribution in [0.4, 0.5) is 0 Å². The Balaban J connectivity index is 1.42. The minimum Gasteiger partial charge on any atom is -0.497 e. The van der Waals surface area contributed by atoms with E-state index in [1.54, 1.807) is 7.11 Å². The van der Waals surface area contributed by atoms with Gasteiger partial charge >= 0.3 is 0 Å². The average molecular weight is 494 g/mol. The molecule has 1 N–H and O–H groups in total. The summed E-state index contributed by atoms with van der Waals surface area (Å²) in [6.07, 6.45) is 5.13. The number of quaternary nitrogens is 1. The lowest BCUT2D eigenvalue weighted by molar-refractivity contribution is -0.851. The average Bonchev–Trinajstić information content (AvgIpc) is 3.32. The quantitative estimate of drug-likeness (QED) is 0.357. The number of aromatic nitrogens is 1. The van der Waals surface area contributed by atoms with Crippen molar-refractivity contribution in [2.45, 2.75) is 50.4 Å². The van der Waals surface area contributed by atoms with Crippen LogP contribution in [0.3, 0.4) is 0 Å². The SMILES string of the molecule is CCC1CC23C1CC[N+]2(Cc1cc(OC)ccc1Br)C3[C@@H](O)c1ccnc2ccccc12. The standard InChI is InChI=1S/C27H30BrN2O2/c1-3-17-15-27-22(17)11-13-30(27,16-18-14-19(32-2)8-9-23(18)28)26(27)25(31)21-10-12-29-24-7-5-4-6-20(21)24/h4-10,12,14,17,22,25-26,31H,3,11,13,15-16H2,1-2H3/q+1/t17?,22?,25-,26?,27?,30?/m0/s1. The molecule has 0 bridgehead atoms. The van der Waals surface area contributed by atoms with Crippen LogP contribution >= 0.6 is 15.9 Å². The summed E-state index contributed by atoms with van der Waals surface area (Å²) in [5, 5.41) is 13.0. The number of hydrogen-bond donors (Lipinski definition) is 1. The van der Waals surface area contributed by atoms with Crippen molar-refractivity contribution >= 4 is 26.8 Å². The molecule has 3 aromatic rings. The minimum absolute atomic E-state index is 0.215. The van der Waals surface area contributed by atoms with E-state index in [0.29, 0.717) is 0 Å². The van der Waals surface area contributed by atoms with Gasteiger partial charge in [0.05, 0.1) is 19.2 Å². The Kier molecular flexibility index (Phi) is 4.69. The smallest absolute Gasteiger partial charge is 0.176 e. The normalized spacial score (nSPS) is 33.3. The van der Waals surface area contributed by atoms with Crippen molar-refractivity contribution in [3.63, 3.8) is 0 Å². The molecule has 0 radical (unpaired) electrons. The molecule has 2 saturated heterocycles. The zero-order valence-electron chi connectivity index (χ0n) is 18.7. The molecule has 5 heteroatoms. The first-order valence-electron chi connectivity index (χ1n) is 11.8. The molecule has 6 rings (SSSR count). The highest BCUT2D eigenvalue weighted by Gasteiger charge is 2.91. The van der Waals surface area contributed by atoms with Crippen molar-refractivity contribution in [2.75, 3.05) is 13.7 Å². The number of rotatable bonds is 6. The Labute approximate surface area is 197 Å². The van der Waals surface area contributed by atoms with Crippen LogP contribution in [-0.4, -0.2) is 39.8 Å². The first-order chi connectivity index (χ1) is 15.6. The van der Waals surface area contributed by atoms with Crippen molar-refractivity contribution in [3.05, 3.63) is 70.3 Å². The summed E-state index contributed by atoms with van der Waals surface area (Å²) in [5.41, 5.74) is 3.48. The van der Waals surface area contributed by atoms with Gasteiger partial charge in [-0.2, -0.15) is 0 Å². The van der Waals surface area contributed by atoms with E-state index in [1.807, 2.05) is 36.5 Å². The van der Waals surface area contributed by atoms with Crippen molar-refractivity contribution < 1.29 is 14.3 Å². The second-order valence-corrected chi connectivity index (χ2v) is 10.8. The van der Waals surface area contributed by atoms with Crippen molar-refractivity contribution in [1.82, 2.24) is 4.98 Å². The van der Waals surface area contributed by atoms with Gasteiger partial charge in [0, 0.05) is 40.4 Å².